The molecule has 0 amide bonds. The number of rotatable bonds is 2. The Morgan fingerprint density at radius 3 is 2.70 bits per heavy atom. The van der Waals surface area contributed by atoms with Crippen LogP contribution in [0.1, 0.15) is 58.8 Å². The smallest absolute Gasteiger partial charge is 0.176 e. The maximum absolute atomic E-state index is 15.4. The molecule has 0 aromatic rings. The summed E-state index contributed by atoms with van der Waals surface area (Å²) in [6.07, 6.45) is 1.57. The number of alkyl halides is 2. The standard InChI is InChI=1S/C23H32F2N2O3/c1-22-7-5-13(27-30-14-6-8-26-11-14)9-12(22)3-4-15-16-10-17(24)21(29)23(16,2)20(25)19(28)18(15)22/h12,14-18,20,26H,3-11H2,1-2H3/b27-13+/t12?,14?,15?,16?,17?,18?,20?,22-,23+/m0/s1. The zero-order valence-corrected chi connectivity index (χ0v) is 17.8. The lowest BCUT2D eigenvalue weighted by Gasteiger charge is -2.58. The van der Waals surface area contributed by atoms with Crippen molar-refractivity contribution in [3.05, 3.63) is 0 Å². The molecule has 9 atom stereocenters. The van der Waals surface area contributed by atoms with Crippen molar-refractivity contribution in [1.82, 2.24) is 5.32 Å². The summed E-state index contributed by atoms with van der Waals surface area (Å²) in [6, 6.07) is 0. The van der Waals surface area contributed by atoms with Gasteiger partial charge in [0.15, 0.2) is 23.9 Å². The molecule has 7 unspecified atom stereocenters. The number of halogens is 2. The van der Waals surface area contributed by atoms with E-state index in [4.69, 9.17) is 4.84 Å². The molecule has 5 nitrogen and oxygen atoms in total. The first-order valence-electron chi connectivity index (χ1n) is 11.5. The van der Waals surface area contributed by atoms with Gasteiger partial charge in [-0.3, -0.25) is 9.59 Å². The minimum Gasteiger partial charge on any atom is -0.391 e. The van der Waals surface area contributed by atoms with Crippen LogP contribution in [0.5, 0.6) is 0 Å². The summed E-state index contributed by atoms with van der Waals surface area (Å²) in [6.45, 7) is 5.38. The predicted octanol–water partition coefficient (Wildman–Crippen LogP) is 3.41. The first-order chi connectivity index (χ1) is 14.3. The fourth-order valence-corrected chi connectivity index (χ4v) is 7.53. The molecule has 0 spiro atoms. The zero-order valence-electron chi connectivity index (χ0n) is 17.8. The maximum atomic E-state index is 15.4. The van der Waals surface area contributed by atoms with Gasteiger partial charge in [-0.15, -0.1) is 0 Å². The molecule has 1 heterocycles. The Balaban J connectivity index is 1.38. The summed E-state index contributed by atoms with van der Waals surface area (Å²) in [5, 5.41) is 7.69. The minimum absolute atomic E-state index is 0.0704. The molecule has 5 fully saturated rings. The van der Waals surface area contributed by atoms with Gasteiger partial charge in [-0.1, -0.05) is 12.1 Å². The average Bonchev–Trinajstić information content (AvgIpc) is 3.33. The summed E-state index contributed by atoms with van der Waals surface area (Å²) >= 11 is 0. The highest BCUT2D eigenvalue weighted by Gasteiger charge is 2.69. The number of hydrogen-bond donors (Lipinski definition) is 1. The molecule has 4 aliphatic carbocycles. The Morgan fingerprint density at radius 1 is 1.17 bits per heavy atom. The Morgan fingerprint density at radius 2 is 1.97 bits per heavy atom. The van der Waals surface area contributed by atoms with E-state index in [-0.39, 0.29) is 35.7 Å². The van der Waals surface area contributed by atoms with Crippen LogP contribution < -0.4 is 5.32 Å². The van der Waals surface area contributed by atoms with Crippen LogP contribution in [0.15, 0.2) is 5.16 Å². The first-order valence-corrected chi connectivity index (χ1v) is 11.5. The topological polar surface area (TPSA) is 67.8 Å². The third-order valence-corrected chi connectivity index (χ3v) is 9.35. The monoisotopic (exact) mass is 422 g/mol. The second-order valence-electron chi connectivity index (χ2n) is 10.7. The Hall–Kier alpha value is -1.37. The number of oxime groups is 1. The van der Waals surface area contributed by atoms with Crippen LogP contribution in [0.2, 0.25) is 0 Å². The van der Waals surface area contributed by atoms with Crippen molar-refractivity contribution < 1.29 is 23.2 Å². The number of fused-ring (bicyclic) bond motifs is 5. The lowest BCUT2D eigenvalue weighted by Crippen LogP contribution is -2.62. The van der Waals surface area contributed by atoms with Gasteiger partial charge in [0.05, 0.1) is 11.1 Å². The number of Topliss-reactive ketones (excluding diaryl/α,β-unsaturated/α-hetero) is 2. The largest absolute Gasteiger partial charge is 0.391 e. The van der Waals surface area contributed by atoms with Crippen LogP contribution in [-0.4, -0.2) is 48.8 Å². The second kappa shape index (κ2) is 7.07. The quantitative estimate of drug-likeness (QED) is 0.693. The zero-order chi connectivity index (χ0) is 21.3. The van der Waals surface area contributed by atoms with E-state index in [1.54, 1.807) is 0 Å². The highest BCUT2D eigenvalue weighted by molar-refractivity contribution is 6.00. The number of carbonyl (C=O) groups is 2. The summed E-state index contributed by atoms with van der Waals surface area (Å²) < 4.78 is 29.8. The van der Waals surface area contributed by atoms with Crippen LogP contribution in [0.3, 0.4) is 0 Å². The Kier molecular flexibility index (Phi) is 4.84. The van der Waals surface area contributed by atoms with Crippen LogP contribution in [-0.2, 0) is 14.4 Å². The molecular weight excluding hydrogens is 390 g/mol. The van der Waals surface area contributed by atoms with Gasteiger partial charge in [0.25, 0.3) is 0 Å². The van der Waals surface area contributed by atoms with Gasteiger partial charge in [0.2, 0.25) is 0 Å². The average molecular weight is 423 g/mol. The number of nitrogens with zero attached hydrogens (tertiary/aromatic N) is 1. The Bertz CT molecular complexity index is 782. The van der Waals surface area contributed by atoms with Crippen LogP contribution in [0.25, 0.3) is 0 Å². The van der Waals surface area contributed by atoms with Crippen LogP contribution in [0, 0.1) is 34.5 Å². The van der Waals surface area contributed by atoms with Gasteiger partial charge < -0.3 is 10.2 Å². The van der Waals surface area contributed by atoms with Gasteiger partial charge in [-0.25, -0.2) is 8.78 Å². The van der Waals surface area contributed by atoms with E-state index in [1.807, 2.05) is 0 Å². The lowest BCUT2D eigenvalue weighted by molar-refractivity contribution is -0.169. The van der Waals surface area contributed by atoms with E-state index >= 15 is 4.39 Å². The minimum atomic E-state index is -1.89. The van der Waals surface area contributed by atoms with Crippen molar-refractivity contribution in [2.75, 3.05) is 13.1 Å². The molecule has 4 saturated carbocycles. The Labute approximate surface area is 176 Å². The third kappa shape index (κ3) is 2.76. The summed E-state index contributed by atoms with van der Waals surface area (Å²) in [5.41, 5.74) is -0.768. The van der Waals surface area contributed by atoms with Crippen LogP contribution >= 0.6 is 0 Å². The number of ketones is 2. The molecule has 7 heteroatoms. The molecule has 0 aromatic carbocycles. The van der Waals surface area contributed by atoms with Gasteiger partial charge in [-0.05, 0) is 75.2 Å². The van der Waals surface area contributed by atoms with Crippen molar-refractivity contribution in [3.8, 4) is 0 Å². The molecule has 30 heavy (non-hydrogen) atoms. The highest BCUT2D eigenvalue weighted by Crippen LogP contribution is 2.64. The second-order valence-corrected chi connectivity index (χ2v) is 10.7. The first kappa shape index (κ1) is 20.5. The van der Waals surface area contributed by atoms with Gasteiger partial charge >= 0.3 is 0 Å². The predicted molar refractivity (Wildman–Crippen MR) is 107 cm³/mol. The van der Waals surface area contributed by atoms with Crippen LogP contribution in [0.4, 0.5) is 8.78 Å². The summed E-state index contributed by atoms with van der Waals surface area (Å²) in [4.78, 5) is 31.5. The van der Waals surface area contributed by atoms with E-state index in [2.05, 4.69) is 17.4 Å². The maximum Gasteiger partial charge on any atom is 0.176 e. The normalized spacial score (nSPS) is 52.1. The molecule has 0 aromatic heterocycles. The molecule has 0 radical (unpaired) electrons. The van der Waals surface area contributed by atoms with Crippen molar-refractivity contribution in [3.63, 3.8) is 0 Å². The van der Waals surface area contributed by atoms with Gasteiger partial charge in [0.1, 0.15) is 6.10 Å². The van der Waals surface area contributed by atoms with Crippen molar-refractivity contribution >= 4 is 17.3 Å². The number of hydrogen-bond acceptors (Lipinski definition) is 5. The molecule has 1 N–H and O–H groups in total. The van der Waals surface area contributed by atoms with Crippen molar-refractivity contribution in [1.29, 1.82) is 0 Å². The molecule has 1 aliphatic heterocycles. The van der Waals surface area contributed by atoms with E-state index in [1.165, 1.54) is 6.92 Å². The van der Waals surface area contributed by atoms with Gasteiger partial charge in [0, 0.05) is 18.9 Å². The molecular formula is C23H32F2N2O3. The number of carbonyl (C=O) groups excluding carboxylic acids is 2. The lowest BCUT2D eigenvalue weighted by atomic mass is 9.44. The molecule has 166 valence electrons. The van der Waals surface area contributed by atoms with Crippen molar-refractivity contribution in [2.24, 2.45) is 39.7 Å². The molecule has 1 saturated heterocycles. The van der Waals surface area contributed by atoms with Gasteiger partial charge in [-0.2, -0.15) is 0 Å². The third-order valence-electron chi connectivity index (χ3n) is 9.35. The highest BCUT2D eigenvalue weighted by atomic mass is 19.1. The SMILES string of the molecule is C[C@]12CC/C(=N\OC3CCNC3)CC1CCC1C2C(=O)C(F)[C@]2(C)C(=O)C(F)CC12. The summed E-state index contributed by atoms with van der Waals surface area (Å²) in [7, 11) is 0. The van der Waals surface area contributed by atoms with E-state index in [0.717, 1.165) is 57.3 Å². The van der Waals surface area contributed by atoms with Crippen molar-refractivity contribution in [2.45, 2.75) is 77.2 Å². The number of nitrogens with one attached hydrogen (secondary N) is 1. The molecule has 0 bridgehead atoms. The van der Waals surface area contributed by atoms with E-state index in [0.29, 0.717) is 0 Å². The fraction of sp³-hybridized carbons (Fsp3) is 0.870. The van der Waals surface area contributed by atoms with E-state index < -0.39 is 35.2 Å². The molecule has 5 aliphatic rings. The fourth-order valence-electron chi connectivity index (χ4n) is 7.53. The molecule has 5 rings (SSSR count). The van der Waals surface area contributed by atoms with E-state index in [9.17, 15) is 14.0 Å². The summed E-state index contributed by atoms with van der Waals surface area (Å²) in [5.74, 6) is -1.81.